The van der Waals surface area contributed by atoms with Crippen LogP contribution in [0.1, 0.15) is 48.5 Å². The van der Waals surface area contributed by atoms with Crippen molar-refractivity contribution < 1.29 is 9.32 Å². The highest BCUT2D eigenvalue weighted by atomic mass is 35.5. The van der Waals surface area contributed by atoms with Crippen LogP contribution in [0.3, 0.4) is 0 Å². The molecule has 25 heavy (non-hydrogen) atoms. The Labute approximate surface area is 155 Å². The molecule has 136 valence electrons. The molecule has 1 aromatic carbocycles. The molecule has 2 atom stereocenters. The highest BCUT2D eigenvalue weighted by Gasteiger charge is 2.36. The van der Waals surface area contributed by atoms with Gasteiger partial charge in [-0.05, 0) is 18.0 Å². The zero-order valence-electron chi connectivity index (χ0n) is 14.9. The third-order valence-electron chi connectivity index (χ3n) is 4.73. The van der Waals surface area contributed by atoms with Gasteiger partial charge in [-0.1, -0.05) is 56.3 Å². The molecule has 3 rings (SSSR count). The lowest BCUT2D eigenvalue weighted by atomic mass is 9.89. The summed E-state index contributed by atoms with van der Waals surface area (Å²) in [7, 11) is 0. The first-order chi connectivity index (χ1) is 11.4. The summed E-state index contributed by atoms with van der Waals surface area (Å²) in [4.78, 5) is 14.6. The maximum atomic E-state index is 12.8. The molecule has 0 spiro atoms. The van der Waals surface area contributed by atoms with Crippen LogP contribution in [0.5, 0.6) is 0 Å². The molecule has 0 radical (unpaired) electrons. The van der Waals surface area contributed by atoms with Crippen molar-refractivity contribution in [3.63, 3.8) is 0 Å². The SMILES string of the molecule is CC(C)(C)c1cc(C(=O)N2C[C@@H](CN)[C@H](c3ccccc3)C2)no1.Cl. The maximum absolute atomic E-state index is 12.8. The molecule has 2 aromatic rings. The van der Waals surface area contributed by atoms with Gasteiger partial charge in [-0.3, -0.25) is 4.79 Å². The van der Waals surface area contributed by atoms with Crippen molar-refractivity contribution in [3.05, 3.63) is 53.4 Å². The number of aromatic nitrogens is 1. The minimum Gasteiger partial charge on any atom is -0.360 e. The second-order valence-electron chi connectivity index (χ2n) is 7.55. The van der Waals surface area contributed by atoms with E-state index < -0.39 is 0 Å². The third kappa shape index (κ3) is 4.05. The highest BCUT2D eigenvalue weighted by Crippen LogP contribution is 2.33. The number of hydrogen-bond acceptors (Lipinski definition) is 4. The van der Waals surface area contributed by atoms with Gasteiger partial charge in [-0.25, -0.2) is 0 Å². The number of carbonyl (C=O) groups is 1. The molecule has 1 aromatic heterocycles. The van der Waals surface area contributed by atoms with Crippen molar-refractivity contribution in [3.8, 4) is 0 Å². The molecule has 5 nitrogen and oxygen atoms in total. The Bertz CT molecular complexity index is 709. The molecule has 2 N–H and O–H groups in total. The molecular weight excluding hydrogens is 338 g/mol. The fourth-order valence-corrected chi connectivity index (χ4v) is 3.25. The van der Waals surface area contributed by atoms with Gasteiger partial charge in [0.1, 0.15) is 5.76 Å². The van der Waals surface area contributed by atoms with Crippen LogP contribution in [0.4, 0.5) is 0 Å². The molecular formula is C19H26ClN3O2. The molecule has 1 aliphatic heterocycles. The van der Waals surface area contributed by atoms with E-state index in [1.807, 2.05) is 43.9 Å². The number of rotatable bonds is 3. The normalized spacial score (nSPS) is 20.4. The summed E-state index contributed by atoms with van der Waals surface area (Å²) in [5, 5.41) is 3.98. The van der Waals surface area contributed by atoms with Gasteiger partial charge in [0.05, 0.1) is 0 Å². The van der Waals surface area contributed by atoms with Gasteiger partial charge in [-0.2, -0.15) is 0 Å². The fraction of sp³-hybridized carbons (Fsp3) is 0.474. The molecule has 1 amide bonds. The third-order valence-corrected chi connectivity index (χ3v) is 4.73. The van der Waals surface area contributed by atoms with E-state index in [4.69, 9.17) is 10.3 Å². The van der Waals surface area contributed by atoms with Crippen molar-refractivity contribution in [1.82, 2.24) is 10.1 Å². The van der Waals surface area contributed by atoms with Gasteiger partial charge in [0.2, 0.25) is 0 Å². The first kappa shape index (κ1) is 19.5. The molecule has 1 fully saturated rings. The summed E-state index contributed by atoms with van der Waals surface area (Å²) in [5.41, 5.74) is 7.40. The van der Waals surface area contributed by atoms with Gasteiger partial charge >= 0.3 is 0 Å². The minimum absolute atomic E-state index is 0. The van der Waals surface area contributed by atoms with Crippen LogP contribution in [0.2, 0.25) is 0 Å². The van der Waals surface area contributed by atoms with Crippen molar-refractivity contribution in [2.75, 3.05) is 19.6 Å². The standard InChI is InChI=1S/C19H25N3O2.ClH/c1-19(2,3)17-9-16(21-24-17)18(23)22-11-14(10-20)15(12-22)13-7-5-4-6-8-13;/h4-9,14-15H,10-12,20H2,1-3H3;1H/t14-,15+;/m1./s1. The van der Waals surface area contributed by atoms with Gasteiger partial charge in [0.15, 0.2) is 5.69 Å². The highest BCUT2D eigenvalue weighted by molar-refractivity contribution is 5.92. The Balaban J connectivity index is 0.00000225. The second kappa shape index (κ2) is 7.58. The van der Waals surface area contributed by atoms with Crippen LogP contribution in [0.25, 0.3) is 0 Å². The van der Waals surface area contributed by atoms with E-state index in [1.165, 1.54) is 5.56 Å². The average molecular weight is 364 g/mol. The Hall–Kier alpha value is -1.85. The molecule has 1 aliphatic rings. The molecule has 2 heterocycles. The van der Waals surface area contributed by atoms with Crippen LogP contribution in [0.15, 0.2) is 40.9 Å². The van der Waals surface area contributed by atoms with Crippen LogP contribution in [-0.2, 0) is 5.41 Å². The summed E-state index contributed by atoms with van der Waals surface area (Å²) in [6, 6.07) is 12.0. The van der Waals surface area contributed by atoms with E-state index in [2.05, 4.69) is 17.3 Å². The Morgan fingerprint density at radius 1 is 1.28 bits per heavy atom. The predicted octanol–water partition coefficient (Wildman–Crippen LogP) is 3.21. The van der Waals surface area contributed by atoms with Crippen LogP contribution in [0, 0.1) is 5.92 Å². The van der Waals surface area contributed by atoms with Crippen molar-refractivity contribution in [2.24, 2.45) is 11.7 Å². The number of halogens is 1. The number of nitrogens with two attached hydrogens (primary N) is 1. The van der Waals surface area contributed by atoms with E-state index in [0.29, 0.717) is 25.3 Å². The molecule has 1 saturated heterocycles. The van der Waals surface area contributed by atoms with Gasteiger partial charge in [0, 0.05) is 30.5 Å². The largest absolute Gasteiger partial charge is 0.360 e. The lowest BCUT2D eigenvalue weighted by Crippen LogP contribution is -2.30. The Morgan fingerprint density at radius 2 is 1.96 bits per heavy atom. The monoisotopic (exact) mass is 363 g/mol. The molecule has 0 unspecified atom stereocenters. The minimum atomic E-state index is -0.164. The molecule has 6 heteroatoms. The summed E-state index contributed by atoms with van der Waals surface area (Å²) >= 11 is 0. The number of benzene rings is 1. The average Bonchev–Trinajstić information content (AvgIpc) is 3.22. The zero-order chi connectivity index (χ0) is 17.3. The number of likely N-dealkylation sites (tertiary alicyclic amines) is 1. The number of hydrogen-bond donors (Lipinski definition) is 1. The lowest BCUT2D eigenvalue weighted by molar-refractivity contribution is 0.0776. The Morgan fingerprint density at radius 3 is 2.52 bits per heavy atom. The summed E-state index contributed by atoms with van der Waals surface area (Å²) in [5.74, 6) is 1.19. The van der Waals surface area contributed by atoms with Gasteiger partial charge in [0.25, 0.3) is 5.91 Å². The van der Waals surface area contributed by atoms with Crippen molar-refractivity contribution >= 4 is 18.3 Å². The van der Waals surface area contributed by atoms with E-state index in [1.54, 1.807) is 6.07 Å². The predicted molar refractivity (Wildman–Crippen MR) is 100 cm³/mol. The maximum Gasteiger partial charge on any atom is 0.276 e. The van der Waals surface area contributed by atoms with Crippen molar-refractivity contribution in [2.45, 2.75) is 32.1 Å². The van der Waals surface area contributed by atoms with E-state index in [9.17, 15) is 4.79 Å². The van der Waals surface area contributed by atoms with Crippen LogP contribution in [-0.4, -0.2) is 35.6 Å². The number of carbonyl (C=O) groups excluding carboxylic acids is 1. The lowest BCUT2D eigenvalue weighted by Gasteiger charge is -2.16. The Kier molecular flexibility index (Phi) is 5.91. The topological polar surface area (TPSA) is 72.4 Å². The summed E-state index contributed by atoms with van der Waals surface area (Å²) < 4.78 is 5.35. The van der Waals surface area contributed by atoms with Gasteiger partial charge in [-0.15, -0.1) is 12.4 Å². The van der Waals surface area contributed by atoms with Crippen LogP contribution >= 0.6 is 12.4 Å². The summed E-state index contributed by atoms with van der Waals surface area (Å²) in [6.07, 6.45) is 0. The van der Waals surface area contributed by atoms with Crippen molar-refractivity contribution in [1.29, 1.82) is 0 Å². The first-order valence-electron chi connectivity index (χ1n) is 8.41. The summed E-state index contributed by atoms with van der Waals surface area (Å²) in [6.45, 7) is 8.00. The quantitative estimate of drug-likeness (QED) is 0.908. The molecule has 0 bridgehead atoms. The first-order valence-corrected chi connectivity index (χ1v) is 8.41. The zero-order valence-corrected chi connectivity index (χ0v) is 15.8. The van der Waals surface area contributed by atoms with Crippen LogP contribution < -0.4 is 5.73 Å². The fourth-order valence-electron chi connectivity index (χ4n) is 3.25. The number of nitrogens with zero attached hydrogens (tertiary/aromatic N) is 2. The molecule has 0 saturated carbocycles. The molecule has 0 aliphatic carbocycles. The van der Waals surface area contributed by atoms with E-state index in [-0.39, 0.29) is 35.6 Å². The van der Waals surface area contributed by atoms with E-state index >= 15 is 0 Å². The van der Waals surface area contributed by atoms with E-state index in [0.717, 1.165) is 5.76 Å². The number of amides is 1. The smallest absolute Gasteiger partial charge is 0.276 e. The second-order valence-corrected chi connectivity index (χ2v) is 7.55. The van der Waals surface area contributed by atoms with Gasteiger partial charge < -0.3 is 15.2 Å².